The van der Waals surface area contributed by atoms with Crippen LogP contribution in [-0.4, -0.2) is 5.97 Å². The normalized spacial score (nSPS) is 12.8. The average molecular weight is 270 g/mol. The van der Waals surface area contributed by atoms with Crippen LogP contribution in [0.25, 0.3) is 0 Å². The van der Waals surface area contributed by atoms with E-state index in [1.54, 1.807) is 25.2 Å². The van der Waals surface area contributed by atoms with E-state index < -0.39 is 17.7 Å². The molecule has 1 aromatic carbocycles. The van der Waals surface area contributed by atoms with Gasteiger partial charge >= 0.3 is 12.1 Å². The van der Waals surface area contributed by atoms with Crippen LogP contribution in [-0.2, 0) is 10.9 Å². The summed E-state index contributed by atoms with van der Waals surface area (Å²) >= 11 is 0. The molecule has 0 aliphatic carbocycles. The molecule has 0 N–H and O–H groups in total. The van der Waals surface area contributed by atoms with E-state index in [9.17, 15) is 18.0 Å². The maximum Gasteiger partial charge on any atom is 0.416 e. The highest BCUT2D eigenvalue weighted by Gasteiger charge is 2.30. The van der Waals surface area contributed by atoms with Gasteiger partial charge in [0.15, 0.2) is 0 Å². The van der Waals surface area contributed by atoms with E-state index in [0.29, 0.717) is 5.76 Å². The first-order valence-electron chi connectivity index (χ1n) is 5.53. The smallest absolute Gasteiger partial charge is 0.416 e. The van der Waals surface area contributed by atoms with Gasteiger partial charge in [-0.1, -0.05) is 12.2 Å². The molecule has 0 unspecified atom stereocenters. The minimum Gasteiger partial charge on any atom is -0.428 e. The van der Waals surface area contributed by atoms with Crippen LogP contribution < -0.4 is 0 Å². The lowest BCUT2D eigenvalue weighted by Crippen LogP contribution is -2.07. The minimum absolute atomic E-state index is 0.0706. The molecule has 0 spiro atoms. The summed E-state index contributed by atoms with van der Waals surface area (Å²) in [5.74, 6) is -0.324. The number of carbonyl (C=O) groups excluding carboxylic acids is 1. The number of benzene rings is 1. The van der Waals surface area contributed by atoms with Crippen LogP contribution in [0.2, 0.25) is 0 Å². The van der Waals surface area contributed by atoms with Crippen LogP contribution in [0.1, 0.15) is 29.8 Å². The number of hydrogen-bond donors (Lipinski definition) is 0. The maximum atomic E-state index is 12.3. The molecule has 1 rings (SSSR count). The molecule has 0 saturated carbocycles. The van der Waals surface area contributed by atoms with Gasteiger partial charge in [-0.05, 0) is 44.2 Å². The Balaban J connectivity index is 2.79. The lowest BCUT2D eigenvalue weighted by molar-refractivity contribution is -0.137. The Bertz CT molecular complexity index is 496. The predicted octanol–water partition coefficient (Wildman–Crippen LogP) is 4.34. The fourth-order valence-corrected chi connectivity index (χ4v) is 1.27. The lowest BCUT2D eigenvalue weighted by Gasteiger charge is -2.07. The summed E-state index contributed by atoms with van der Waals surface area (Å²) in [6.07, 6.45) is 0.622. The summed E-state index contributed by atoms with van der Waals surface area (Å²) in [6, 6.07) is 3.88. The third-order valence-electron chi connectivity index (χ3n) is 2.22. The van der Waals surface area contributed by atoms with Crippen molar-refractivity contribution in [1.29, 1.82) is 0 Å². The quantitative estimate of drug-likeness (QED) is 0.464. The van der Waals surface area contributed by atoms with Gasteiger partial charge in [0, 0.05) is 0 Å². The van der Waals surface area contributed by atoms with E-state index in [1.807, 2.05) is 6.92 Å². The first-order valence-corrected chi connectivity index (χ1v) is 5.53. The maximum absolute atomic E-state index is 12.3. The predicted molar refractivity (Wildman–Crippen MR) is 65.4 cm³/mol. The molecule has 0 atom stereocenters. The lowest BCUT2D eigenvalue weighted by atomic mass is 10.1. The van der Waals surface area contributed by atoms with Crippen LogP contribution in [0.5, 0.6) is 0 Å². The van der Waals surface area contributed by atoms with E-state index in [0.717, 1.165) is 24.3 Å². The molecule has 0 radical (unpaired) electrons. The number of hydrogen-bond acceptors (Lipinski definition) is 2. The van der Waals surface area contributed by atoms with E-state index in [-0.39, 0.29) is 5.56 Å². The number of allylic oxidation sites excluding steroid dienone is 4. The zero-order valence-electron chi connectivity index (χ0n) is 10.5. The van der Waals surface area contributed by atoms with Gasteiger partial charge in [0.05, 0.1) is 11.1 Å². The van der Waals surface area contributed by atoms with Crippen molar-refractivity contribution in [3.8, 4) is 0 Å². The summed E-state index contributed by atoms with van der Waals surface area (Å²) in [7, 11) is 0. The Morgan fingerprint density at radius 1 is 1.21 bits per heavy atom. The van der Waals surface area contributed by atoms with Gasteiger partial charge in [-0.3, -0.25) is 0 Å². The zero-order chi connectivity index (χ0) is 14.5. The number of carbonyl (C=O) groups is 1. The molecular weight excluding hydrogens is 257 g/mol. The highest BCUT2D eigenvalue weighted by Crippen LogP contribution is 2.29. The summed E-state index contributed by atoms with van der Waals surface area (Å²) in [5.41, 5.74) is -0.730. The number of alkyl halides is 3. The topological polar surface area (TPSA) is 26.3 Å². The largest absolute Gasteiger partial charge is 0.428 e. The second-order valence-corrected chi connectivity index (χ2v) is 3.77. The van der Waals surface area contributed by atoms with Gasteiger partial charge in [0.2, 0.25) is 0 Å². The van der Waals surface area contributed by atoms with Crippen LogP contribution >= 0.6 is 0 Å². The molecule has 1 aromatic rings. The molecule has 2 nitrogen and oxygen atoms in total. The fourth-order valence-electron chi connectivity index (χ4n) is 1.27. The van der Waals surface area contributed by atoms with Crippen molar-refractivity contribution >= 4 is 5.97 Å². The first-order chi connectivity index (χ1) is 8.84. The van der Waals surface area contributed by atoms with Crippen molar-refractivity contribution in [3.05, 3.63) is 59.4 Å². The Morgan fingerprint density at radius 3 is 2.26 bits per heavy atom. The SMILES string of the molecule is C/C=C\C=C(/C)OC(=O)c1ccc(C(F)(F)F)cc1. The highest BCUT2D eigenvalue weighted by molar-refractivity contribution is 5.90. The van der Waals surface area contributed by atoms with E-state index in [2.05, 4.69) is 0 Å². The number of rotatable bonds is 3. The molecule has 0 fully saturated rings. The fraction of sp³-hybridized carbons (Fsp3) is 0.214. The van der Waals surface area contributed by atoms with Gasteiger partial charge in [-0.15, -0.1) is 0 Å². The van der Waals surface area contributed by atoms with Crippen molar-refractivity contribution in [2.24, 2.45) is 0 Å². The van der Waals surface area contributed by atoms with Crippen LogP contribution in [0, 0.1) is 0 Å². The van der Waals surface area contributed by atoms with Gasteiger partial charge in [-0.2, -0.15) is 13.2 Å². The Hall–Kier alpha value is -2.04. The Labute approximate surface area is 109 Å². The molecule has 0 aromatic heterocycles. The summed E-state index contributed by atoms with van der Waals surface area (Å²) in [6.45, 7) is 3.39. The monoisotopic (exact) mass is 270 g/mol. The minimum atomic E-state index is -4.41. The molecule has 5 heteroatoms. The summed E-state index contributed by atoms with van der Waals surface area (Å²) in [5, 5.41) is 0. The highest BCUT2D eigenvalue weighted by atomic mass is 19.4. The van der Waals surface area contributed by atoms with Gasteiger partial charge < -0.3 is 4.74 Å². The molecular formula is C14H13F3O2. The zero-order valence-corrected chi connectivity index (χ0v) is 10.5. The van der Waals surface area contributed by atoms with Crippen LogP contribution in [0.3, 0.4) is 0 Å². The van der Waals surface area contributed by atoms with Gasteiger partial charge in [0.1, 0.15) is 5.76 Å². The summed E-state index contributed by atoms with van der Waals surface area (Å²) < 4.78 is 42.0. The molecule has 0 bridgehead atoms. The molecule has 0 heterocycles. The molecule has 0 saturated heterocycles. The molecule has 0 aliphatic heterocycles. The second kappa shape index (κ2) is 6.22. The van der Waals surface area contributed by atoms with Gasteiger partial charge in [-0.25, -0.2) is 4.79 Å². The Kier molecular flexibility index (Phi) is 4.92. The Morgan fingerprint density at radius 2 is 1.79 bits per heavy atom. The van der Waals surface area contributed by atoms with Crippen molar-refractivity contribution in [3.63, 3.8) is 0 Å². The molecule has 0 amide bonds. The third-order valence-corrected chi connectivity index (χ3v) is 2.22. The molecule has 19 heavy (non-hydrogen) atoms. The van der Waals surface area contributed by atoms with Crippen molar-refractivity contribution < 1.29 is 22.7 Å². The number of esters is 1. The van der Waals surface area contributed by atoms with Crippen LogP contribution in [0.15, 0.2) is 48.3 Å². The third kappa shape index (κ3) is 4.62. The van der Waals surface area contributed by atoms with Crippen molar-refractivity contribution in [2.75, 3.05) is 0 Å². The molecule has 102 valence electrons. The average Bonchev–Trinajstić information content (AvgIpc) is 2.35. The molecule has 0 aliphatic rings. The van der Waals surface area contributed by atoms with Crippen molar-refractivity contribution in [2.45, 2.75) is 20.0 Å². The van der Waals surface area contributed by atoms with E-state index in [4.69, 9.17) is 4.74 Å². The standard InChI is InChI=1S/C14H13F3O2/c1-3-4-5-10(2)19-13(18)11-6-8-12(9-7-11)14(15,16)17/h3-9H,1-2H3/b4-3-,10-5+. The summed E-state index contributed by atoms with van der Waals surface area (Å²) in [4.78, 5) is 11.6. The van der Waals surface area contributed by atoms with E-state index in [1.165, 1.54) is 0 Å². The number of halogens is 3. The number of ether oxygens (including phenoxy) is 1. The van der Waals surface area contributed by atoms with Crippen LogP contribution in [0.4, 0.5) is 13.2 Å². The second-order valence-electron chi connectivity index (χ2n) is 3.77. The van der Waals surface area contributed by atoms with Gasteiger partial charge in [0.25, 0.3) is 0 Å². The van der Waals surface area contributed by atoms with Crippen molar-refractivity contribution in [1.82, 2.24) is 0 Å². The first kappa shape index (κ1) is 15.0. The van der Waals surface area contributed by atoms with E-state index >= 15 is 0 Å².